The summed E-state index contributed by atoms with van der Waals surface area (Å²) >= 11 is 0. The van der Waals surface area contributed by atoms with Crippen LogP contribution in [0.5, 0.6) is 0 Å². The van der Waals surface area contributed by atoms with Crippen molar-refractivity contribution in [1.82, 2.24) is 4.98 Å². The number of fused-ring (bicyclic) bond motifs is 1. The number of H-pyrrole nitrogens is 1. The molecule has 0 spiro atoms. The minimum atomic E-state index is -4.51. The van der Waals surface area contributed by atoms with Crippen LogP contribution in [0.15, 0.2) is 35.5 Å². The number of hydrogen-bond donors (Lipinski definition) is 1. The van der Waals surface area contributed by atoms with E-state index in [2.05, 4.69) is 4.98 Å². The highest BCUT2D eigenvalue weighted by Gasteiger charge is 2.32. The molecule has 0 fully saturated rings. The fourth-order valence-corrected chi connectivity index (χ4v) is 3.20. The summed E-state index contributed by atoms with van der Waals surface area (Å²) in [4.78, 5) is 1.94. The second-order valence-electron chi connectivity index (χ2n) is 6.03. The summed E-state index contributed by atoms with van der Waals surface area (Å²) in [5, 5.41) is 0. The fraction of sp³-hybridized carbons (Fsp3) is 0.235. The SMILES string of the molecule is Cc1ccccc1S(=O)(=O)[O-].Fc1c(F)c(F)c2c([nH]c[n+]2CCC(F)(F)F)c1F. The maximum atomic E-state index is 13.4. The van der Waals surface area contributed by atoms with E-state index in [4.69, 9.17) is 0 Å². The lowest BCUT2D eigenvalue weighted by Gasteiger charge is -2.08. The third-order valence-electron chi connectivity index (χ3n) is 3.89. The van der Waals surface area contributed by atoms with Gasteiger partial charge >= 0.3 is 6.18 Å². The number of hydrogen-bond acceptors (Lipinski definition) is 3. The number of aromatic nitrogens is 2. The Hall–Kier alpha value is -2.67. The van der Waals surface area contributed by atoms with Crippen molar-refractivity contribution in [1.29, 1.82) is 0 Å². The molecule has 0 aliphatic heterocycles. The number of imidazole rings is 1. The van der Waals surface area contributed by atoms with Crippen molar-refractivity contribution in [3.05, 3.63) is 59.4 Å². The fourth-order valence-electron chi connectivity index (χ4n) is 2.49. The van der Waals surface area contributed by atoms with Crippen LogP contribution in [0.2, 0.25) is 0 Å². The van der Waals surface area contributed by atoms with Crippen molar-refractivity contribution in [2.45, 2.75) is 31.0 Å². The van der Waals surface area contributed by atoms with Crippen molar-refractivity contribution < 1.29 is 48.3 Å². The van der Waals surface area contributed by atoms with Gasteiger partial charge in [0.1, 0.15) is 10.1 Å². The molecule has 0 saturated heterocycles. The number of nitrogens with one attached hydrogen (secondary N) is 1. The van der Waals surface area contributed by atoms with Gasteiger partial charge in [-0.25, -0.2) is 26.7 Å². The molecule has 1 heterocycles. The lowest BCUT2D eigenvalue weighted by atomic mass is 10.2. The van der Waals surface area contributed by atoms with Gasteiger partial charge in [-0.3, -0.25) is 0 Å². The van der Waals surface area contributed by atoms with E-state index in [1.807, 2.05) is 0 Å². The van der Waals surface area contributed by atoms with Crippen LogP contribution in [0.3, 0.4) is 0 Å². The molecule has 1 aromatic heterocycles. The van der Waals surface area contributed by atoms with Crippen LogP contribution in [0.1, 0.15) is 12.0 Å². The summed E-state index contributed by atoms with van der Waals surface area (Å²) in [6.07, 6.45) is -5.00. The summed E-state index contributed by atoms with van der Waals surface area (Å²) in [6.45, 7) is 0.843. The first-order chi connectivity index (χ1) is 13.7. The highest BCUT2D eigenvalue weighted by Crippen LogP contribution is 2.24. The Morgan fingerprint density at radius 2 is 1.57 bits per heavy atom. The molecule has 0 atom stereocenters. The smallest absolute Gasteiger partial charge is 0.392 e. The normalized spacial score (nSPS) is 12.0. The minimum absolute atomic E-state index is 0.139. The second kappa shape index (κ2) is 8.60. The van der Waals surface area contributed by atoms with Gasteiger partial charge < -0.3 is 4.55 Å². The van der Waals surface area contributed by atoms with Crippen molar-refractivity contribution in [2.75, 3.05) is 0 Å². The molecule has 0 aliphatic carbocycles. The first-order valence-electron chi connectivity index (χ1n) is 8.04. The average molecular weight is 458 g/mol. The Labute approximate surface area is 165 Å². The summed E-state index contributed by atoms with van der Waals surface area (Å²) < 4.78 is 121. The monoisotopic (exact) mass is 458 g/mol. The highest BCUT2D eigenvalue weighted by atomic mass is 32.2. The molecule has 0 saturated carbocycles. The van der Waals surface area contributed by atoms with Gasteiger partial charge in [0.25, 0.3) is 0 Å². The van der Waals surface area contributed by atoms with Crippen LogP contribution in [-0.2, 0) is 16.7 Å². The van der Waals surface area contributed by atoms with E-state index in [-0.39, 0.29) is 4.90 Å². The van der Waals surface area contributed by atoms with E-state index in [9.17, 15) is 43.7 Å². The number of aryl methyl sites for hydroxylation is 2. The molecule has 1 N–H and O–H groups in total. The van der Waals surface area contributed by atoms with Gasteiger partial charge in [-0.2, -0.15) is 22.0 Å². The van der Waals surface area contributed by atoms with Gasteiger partial charge in [0.2, 0.25) is 40.6 Å². The first-order valence-corrected chi connectivity index (χ1v) is 9.45. The number of alkyl halides is 3. The van der Waals surface area contributed by atoms with Crippen molar-refractivity contribution in [3.8, 4) is 0 Å². The summed E-state index contributed by atoms with van der Waals surface area (Å²) in [6, 6.07) is 6.10. The van der Waals surface area contributed by atoms with E-state index >= 15 is 0 Å². The molecule has 5 nitrogen and oxygen atoms in total. The van der Waals surface area contributed by atoms with Crippen molar-refractivity contribution in [2.24, 2.45) is 0 Å². The van der Waals surface area contributed by atoms with E-state index in [1.54, 1.807) is 19.1 Å². The summed E-state index contributed by atoms with van der Waals surface area (Å²) in [5.41, 5.74) is -1.01. The zero-order valence-corrected chi connectivity index (χ0v) is 15.8. The first kappa shape index (κ1) is 23.6. The molecule has 13 heteroatoms. The van der Waals surface area contributed by atoms with Crippen molar-refractivity contribution in [3.63, 3.8) is 0 Å². The summed E-state index contributed by atoms with van der Waals surface area (Å²) in [5.74, 6) is -7.50. The number of halogens is 7. The number of benzene rings is 2. The van der Waals surface area contributed by atoms with Crippen LogP contribution >= 0.6 is 0 Å². The third-order valence-corrected chi connectivity index (χ3v) is 4.89. The molecule has 164 valence electrons. The van der Waals surface area contributed by atoms with Crippen LogP contribution in [0.4, 0.5) is 30.7 Å². The molecule has 0 unspecified atom stereocenters. The van der Waals surface area contributed by atoms with E-state index in [1.165, 1.54) is 12.1 Å². The molecule has 0 bridgehead atoms. The van der Waals surface area contributed by atoms with Crippen LogP contribution in [-0.4, -0.2) is 24.1 Å². The molecule has 0 radical (unpaired) electrons. The number of aromatic amines is 1. The maximum absolute atomic E-state index is 13.4. The van der Waals surface area contributed by atoms with E-state index < -0.39 is 63.6 Å². The van der Waals surface area contributed by atoms with Crippen LogP contribution < -0.4 is 4.57 Å². The largest absolute Gasteiger partial charge is 0.744 e. The zero-order valence-electron chi connectivity index (χ0n) is 15.0. The molecule has 30 heavy (non-hydrogen) atoms. The second-order valence-corrected chi connectivity index (χ2v) is 7.38. The minimum Gasteiger partial charge on any atom is -0.744 e. The molecule has 0 aliphatic rings. The third kappa shape index (κ3) is 5.27. The Balaban J connectivity index is 0.000000248. The molecule has 3 aromatic rings. The molecule has 2 aromatic carbocycles. The lowest BCUT2D eigenvalue weighted by molar-refractivity contribution is -0.675. The average Bonchev–Trinajstić information content (AvgIpc) is 3.06. The number of rotatable bonds is 3. The van der Waals surface area contributed by atoms with Gasteiger partial charge in [0, 0.05) is 0 Å². The Kier molecular flexibility index (Phi) is 6.76. The Bertz CT molecular complexity index is 1170. The summed E-state index contributed by atoms with van der Waals surface area (Å²) in [7, 11) is -4.28. The highest BCUT2D eigenvalue weighted by molar-refractivity contribution is 7.85. The van der Waals surface area contributed by atoms with Crippen molar-refractivity contribution >= 4 is 21.2 Å². The topological polar surface area (TPSA) is 76.9 Å². The van der Waals surface area contributed by atoms with Gasteiger partial charge in [-0.1, -0.05) is 18.2 Å². The van der Waals surface area contributed by atoms with E-state index in [0.29, 0.717) is 10.1 Å². The Morgan fingerprint density at radius 1 is 1.00 bits per heavy atom. The van der Waals surface area contributed by atoms with Crippen LogP contribution in [0.25, 0.3) is 11.0 Å². The Morgan fingerprint density at radius 3 is 2.07 bits per heavy atom. The zero-order chi connectivity index (χ0) is 22.9. The van der Waals surface area contributed by atoms with Gasteiger partial charge in [-0.05, 0) is 18.6 Å². The van der Waals surface area contributed by atoms with Gasteiger partial charge in [-0.15, -0.1) is 0 Å². The molecule has 0 amide bonds. The molecular formula is C17H13F7N2O3S. The quantitative estimate of drug-likeness (QED) is 0.213. The molecular weight excluding hydrogens is 445 g/mol. The predicted molar refractivity (Wildman–Crippen MR) is 88.1 cm³/mol. The van der Waals surface area contributed by atoms with E-state index in [0.717, 1.165) is 6.33 Å². The standard InChI is InChI=1S/C10H5F7N2.C7H8O3S/c11-4-5(12)7(14)9-8(6(4)13)18-3-19(9)2-1-10(15,16)17;1-6-4-2-3-5-7(6)11(8,9)10/h3H,1-2H2;2-5H,1H3,(H,8,9,10). The number of nitrogens with zero attached hydrogens (tertiary/aromatic N) is 1. The van der Waals surface area contributed by atoms with Gasteiger partial charge in [0.05, 0.1) is 17.9 Å². The lowest BCUT2D eigenvalue weighted by Crippen LogP contribution is -2.35. The predicted octanol–water partition coefficient (Wildman–Crippen LogP) is 3.86. The van der Waals surface area contributed by atoms with Crippen LogP contribution in [0, 0.1) is 30.2 Å². The molecule has 3 rings (SSSR count). The maximum Gasteiger partial charge on any atom is 0.392 e. The van der Waals surface area contributed by atoms with Gasteiger partial charge in [0.15, 0.2) is 0 Å².